The number of aryl methyl sites for hydroxylation is 8. The van der Waals surface area contributed by atoms with Gasteiger partial charge in [-0.3, -0.25) is 14.5 Å². The third kappa shape index (κ3) is 19.9. The summed E-state index contributed by atoms with van der Waals surface area (Å²) < 4.78 is 36.4. The number of benzene rings is 6. The Hall–Kier alpha value is -8.38. The van der Waals surface area contributed by atoms with Gasteiger partial charge in [0.2, 0.25) is 5.91 Å². The lowest BCUT2D eigenvalue weighted by atomic mass is 9.78. The molecule has 16 nitrogen and oxygen atoms in total. The number of fused-ring (bicyclic) bond motifs is 6. The van der Waals surface area contributed by atoms with Crippen molar-refractivity contribution < 1.29 is 27.3 Å². The number of pyridine rings is 1. The molecule has 1 aliphatic carbocycles. The first kappa shape index (κ1) is 75.6. The minimum Gasteiger partial charge on any atom is -0.379 e. The van der Waals surface area contributed by atoms with Crippen LogP contribution in [0, 0.1) is 48.5 Å². The molecule has 510 valence electrons. The lowest BCUT2D eigenvalue weighted by Crippen LogP contribution is -2.46. The van der Waals surface area contributed by atoms with E-state index in [0.717, 1.165) is 82.1 Å². The van der Waals surface area contributed by atoms with E-state index >= 15 is 0 Å². The largest absolute Gasteiger partial charge is 0.379 e. The van der Waals surface area contributed by atoms with E-state index in [0.29, 0.717) is 28.0 Å². The third-order valence-corrected chi connectivity index (χ3v) is 19.2. The minimum absolute atomic E-state index is 0.127. The normalized spacial score (nSPS) is 15.7. The molecule has 8 aromatic rings. The second kappa shape index (κ2) is 32.4. The molecule has 0 radical (unpaired) electrons. The minimum atomic E-state index is -3.68. The molecule has 95 heavy (non-hydrogen) atoms. The number of hydrogen-bond acceptors (Lipinski definition) is 12. The number of carbonyl (C=O) groups excluding carboxylic acids is 2. The van der Waals surface area contributed by atoms with E-state index in [-0.39, 0.29) is 21.9 Å². The quantitative estimate of drug-likeness (QED) is 0.165. The number of hydrogen-bond donors (Lipinski definition) is 0. The predicted molar refractivity (Wildman–Crippen MR) is 392 cm³/mol. The molecule has 0 atom stereocenters. The van der Waals surface area contributed by atoms with Gasteiger partial charge in [0.25, 0.3) is 10.0 Å². The Morgan fingerprint density at radius 1 is 0.653 bits per heavy atom. The van der Waals surface area contributed by atoms with Crippen molar-refractivity contribution in [3.8, 4) is 0 Å². The summed E-state index contributed by atoms with van der Waals surface area (Å²) in [6.45, 7) is 36.1. The van der Waals surface area contributed by atoms with Crippen molar-refractivity contribution in [1.29, 1.82) is 0 Å². The highest BCUT2D eigenvalue weighted by Gasteiger charge is 2.38. The zero-order valence-electron chi connectivity index (χ0n) is 60.6. The second-order valence-corrected chi connectivity index (χ2v) is 29.3. The molecule has 5 aliphatic rings. The molecule has 0 spiro atoms. The van der Waals surface area contributed by atoms with Gasteiger partial charge in [0.1, 0.15) is 4.90 Å². The third-order valence-electron chi connectivity index (χ3n) is 17.4. The van der Waals surface area contributed by atoms with E-state index in [1.807, 2.05) is 89.7 Å². The van der Waals surface area contributed by atoms with Crippen LogP contribution in [0.3, 0.4) is 0 Å². The van der Waals surface area contributed by atoms with Gasteiger partial charge in [0.15, 0.2) is 5.43 Å². The number of urea groups is 1. The first-order valence-corrected chi connectivity index (χ1v) is 34.2. The summed E-state index contributed by atoms with van der Waals surface area (Å²) >= 11 is 0. The molecule has 1 saturated carbocycles. The zero-order chi connectivity index (χ0) is 70.6. The Labute approximate surface area is 565 Å². The van der Waals surface area contributed by atoms with Crippen LogP contribution in [0.1, 0.15) is 129 Å². The van der Waals surface area contributed by atoms with E-state index in [1.165, 1.54) is 86.9 Å². The van der Waals surface area contributed by atoms with Crippen LogP contribution in [-0.2, 0) is 50.4 Å². The molecule has 3 amide bonds. The van der Waals surface area contributed by atoms with Gasteiger partial charge in [-0.05, 0) is 171 Å². The van der Waals surface area contributed by atoms with Crippen LogP contribution < -0.4 is 25.8 Å². The Morgan fingerprint density at radius 3 is 1.78 bits per heavy atom. The maximum atomic E-state index is 12.0. The van der Waals surface area contributed by atoms with Gasteiger partial charge in [-0.25, -0.2) is 22.3 Å². The SMILES string of the molecule is CC1=CN(C)c2ccc(C)cc2C1.CCN(C)C(C)=O.CCOC1CC1.Cc1ccc2c(c1)CN(C)CC2(C)C.Cc1ccc2c(c1)N(C)CC2(C)C.Cc1ccc2c(c1)S(=O)(=O)N(C)C(=O)N2C.Cc1ccc2c(c1)c(=O)c(C)cn2C.Cc1ccc2cnoc(=O)c2c1. The number of carbonyl (C=O) groups is 2. The monoisotopic (exact) mass is 1310 g/mol. The van der Waals surface area contributed by atoms with Crippen molar-refractivity contribution in [2.45, 2.75) is 151 Å². The predicted octanol–water partition coefficient (Wildman–Crippen LogP) is 14.8. The summed E-state index contributed by atoms with van der Waals surface area (Å²) in [6.07, 6.45) is 9.96. The molecular weight excluding hydrogens is 1210 g/mol. The first-order valence-electron chi connectivity index (χ1n) is 32.7. The number of likely N-dealkylation sites (N-methyl/N-ethyl adjacent to an activating group) is 2. The van der Waals surface area contributed by atoms with E-state index in [2.05, 4.69) is 162 Å². The number of nitrogens with zero attached hydrogens (tertiary/aromatic N) is 8. The van der Waals surface area contributed by atoms with Crippen LogP contribution in [-0.4, -0.2) is 119 Å². The molecule has 0 saturated heterocycles. The zero-order valence-corrected chi connectivity index (χ0v) is 61.4. The maximum absolute atomic E-state index is 12.0. The fourth-order valence-corrected chi connectivity index (χ4v) is 13.6. The van der Waals surface area contributed by atoms with Crippen molar-refractivity contribution in [2.24, 2.45) is 7.05 Å². The van der Waals surface area contributed by atoms with Crippen molar-refractivity contribution in [2.75, 3.05) is 83.2 Å². The lowest BCUT2D eigenvalue weighted by molar-refractivity contribution is -0.127. The Morgan fingerprint density at radius 2 is 1.19 bits per heavy atom. The molecule has 0 unspecified atom stereocenters. The van der Waals surface area contributed by atoms with E-state index < -0.39 is 16.1 Å². The number of rotatable bonds is 3. The number of anilines is 3. The number of aromatic nitrogens is 2. The Balaban J connectivity index is 0.000000174. The number of sulfonamides is 1. The van der Waals surface area contributed by atoms with E-state index in [9.17, 15) is 27.6 Å². The second-order valence-electron chi connectivity index (χ2n) is 27.3. The molecule has 2 aromatic heterocycles. The molecule has 6 aromatic carbocycles. The highest BCUT2D eigenvalue weighted by atomic mass is 32.2. The molecule has 6 heterocycles. The Bertz CT molecular complexity index is 4300. The van der Waals surface area contributed by atoms with E-state index in [4.69, 9.17) is 4.74 Å². The van der Waals surface area contributed by atoms with Gasteiger partial charge in [-0.15, -0.1) is 0 Å². The molecule has 4 aliphatic heterocycles. The van der Waals surface area contributed by atoms with Crippen LogP contribution in [0.2, 0.25) is 0 Å². The van der Waals surface area contributed by atoms with Crippen molar-refractivity contribution in [3.05, 3.63) is 215 Å². The van der Waals surface area contributed by atoms with Gasteiger partial charge in [-0.1, -0.05) is 127 Å². The van der Waals surface area contributed by atoms with Crippen LogP contribution in [0.25, 0.3) is 21.7 Å². The van der Waals surface area contributed by atoms with Gasteiger partial charge in [0, 0.05) is 133 Å². The van der Waals surface area contributed by atoms with Gasteiger partial charge < -0.3 is 33.4 Å². The summed E-state index contributed by atoms with van der Waals surface area (Å²) in [5, 5.41) is 5.67. The summed E-state index contributed by atoms with van der Waals surface area (Å²) in [5.74, 6) is 0.127. The van der Waals surface area contributed by atoms with Crippen molar-refractivity contribution in [3.63, 3.8) is 0 Å². The fraction of sp³-hybridized carbons (Fsp3) is 0.423. The average Bonchev–Trinajstić information content (AvgIpc) is 0.914. The average molecular weight is 1310 g/mol. The smallest absolute Gasteiger partial charge is 0.366 e. The molecule has 17 heteroatoms. The molecule has 13 rings (SSSR count). The lowest BCUT2D eigenvalue weighted by Gasteiger charge is -2.38. The van der Waals surface area contributed by atoms with Crippen molar-refractivity contribution in [1.82, 2.24) is 23.8 Å². The summed E-state index contributed by atoms with van der Waals surface area (Å²) in [6, 6.07) is 36.3. The fourth-order valence-electron chi connectivity index (χ4n) is 12.1. The number of amides is 3. The van der Waals surface area contributed by atoms with Crippen LogP contribution in [0.15, 0.2) is 152 Å². The summed E-state index contributed by atoms with van der Waals surface area (Å²) in [5.41, 5.74) is 19.8. The van der Waals surface area contributed by atoms with E-state index in [1.54, 1.807) is 50.2 Å². The van der Waals surface area contributed by atoms with Gasteiger partial charge in [0.05, 0.1) is 28.9 Å². The summed E-state index contributed by atoms with van der Waals surface area (Å²) in [4.78, 5) is 55.0. The highest BCUT2D eigenvalue weighted by molar-refractivity contribution is 7.90. The topological polar surface area (TPSA) is 162 Å². The molecular formula is C78H104N8O8S. The molecule has 0 bridgehead atoms. The number of ether oxygens (including phenoxy) is 1. The summed E-state index contributed by atoms with van der Waals surface area (Å²) in [7, 11) is 9.36. The van der Waals surface area contributed by atoms with Crippen LogP contribution in [0.5, 0.6) is 0 Å². The first-order chi connectivity index (χ1) is 44.5. The van der Waals surface area contributed by atoms with Crippen molar-refractivity contribution >= 4 is 60.7 Å². The molecule has 1 fully saturated rings. The Kier molecular flexibility index (Phi) is 25.8. The number of allylic oxidation sites excluding steroid dienone is 1. The van der Waals surface area contributed by atoms with Gasteiger partial charge in [-0.2, -0.15) is 0 Å². The van der Waals surface area contributed by atoms with Gasteiger partial charge >= 0.3 is 11.7 Å². The maximum Gasteiger partial charge on any atom is 0.366 e. The van der Waals surface area contributed by atoms with Crippen LogP contribution >= 0.6 is 0 Å². The van der Waals surface area contributed by atoms with Crippen LogP contribution in [0.4, 0.5) is 21.9 Å². The highest BCUT2D eigenvalue weighted by Crippen LogP contribution is 2.40. The molecule has 0 N–H and O–H groups in total. The standard InChI is InChI=1S/C13H19N.C12H13NO.C12H17N.C12H15N.C10H12N2O3S.C9H7NO2.C5H11NO.C5H10O/c1-10-5-6-12-11(7-10)8-14(4)9-13(12,2)3;1-8-4-5-11-10(6-8)12(14)9(2)7-13(11)3;1-9-5-6-10-11(7-9)13(4)8-12(10,2)3;1-9-4-5-12-11(6-9)7-10(2)8-13(12)3;1-7-4-5-8-9(6-7)16(14,15)12(3)10(13)11(8)2;1-6-2-3-7-5-10-12-9(11)8(7)4-6;1-4-6(3)5(2)7;1-2-6-5-3-4-5/h5-7H,8-9H2,1-4H3;4-7H,1-3H3;5-7H,8H2,1-4H3;4-6,8H,7H2,1-3H3;4-6H,1-3H3;2-5H,1H3;4H2,1-3H3;5H,2-4H2,1H3.